The lowest BCUT2D eigenvalue weighted by Gasteiger charge is -2.29. The number of hydrogen-bond donors (Lipinski definition) is 2. The number of nitrogens with one attached hydrogen (secondary N) is 1. The Morgan fingerprint density at radius 1 is 1.14 bits per heavy atom. The molecule has 176 valence electrons. The van der Waals surface area contributed by atoms with Crippen LogP contribution in [0.2, 0.25) is 0 Å². The number of nitrogens with two attached hydrogens (primary N) is 1. The SMILES string of the molecule is C=CC(=O)N1CCc2c(cccc2-c2c(F)cc(C(N)=O)c3[nH]c(-c4ccc(F)cc4)c(C)c23)C1. The molecule has 4 aromatic rings. The number of carbonyl (C=O) groups is 2. The highest BCUT2D eigenvalue weighted by molar-refractivity contribution is 6.12. The van der Waals surface area contributed by atoms with Crippen LogP contribution in [0.4, 0.5) is 8.78 Å². The van der Waals surface area contributed by atoms with Crippen LogP contribution in [0.25, 0.3) is 33.3 Å². The average Bonchev–Trinajstić information content (AvgIpc) is 3.19. The van der Waals surface area contributed by atoms with E-state index in [0.717, 1.165) is 16.7 Å². The topological polar surface area (TPSA) is 79.2 Å². The summed E-state index contributed by atoms with van der Waals surface area (Å²) in [6.07, 6.45) is 1.85. The first-order chi connectivity index (χ1) is 16.8. The number of rotatable bonds is 4. The first-order valence-electron chi connectivity index (χ1n) is 11.2. The fraction of sp³-hybridized carbons (Fsp3) is 0.143. The highest BCUT2D eigenvalue weighted by Gasteiger charge is 2.27. The number of fused-ring (bicyclic) bond motifs is 2. The number of aryl methyl sites for hydroxylation is 1. The second-order valence-corrected chi connectivity index (χ2v) is 8.68. The number of halogens is 2. The van der Waals surface area contributed by atoms with E-state index in [9.17, 15) is 14.0 Å². The minimum absolute atomic E-state index is 0.0465. The van der Waals surface area contributed by atoms with E-state index in [1.54, 1.807) is 17.0 Å². The maximum atomic E-state index is 15.8. The number of nitrogens with zero attached hydrogens (tertiary/aromatic N) is 1. The van der Waals surface area contributed by atoms with Crippen LogP contribution < -0.4 is 5.73 Å². The van der Waals surface area contributed by atoms with Gasteiger partial charge in [0.2, 0.25) is 5.91 Å². The van der Waals surface area contributed by atoms with Crippen LogP contribution >= 0.6 is 0 Å². The zero-order valence-corrected chi connectivity index (χ0v) is 19.1. The second kappa shape index (κ2) is 8.51. The van der Waals surface area contributed by atoms with Gasteiger partial charge in [0.15, 0.2) is 0 Å². The van der Waals surface area contributed by atoms with Gasteiger partial charge < -0.3 is 15.6 Å². The molecule has 3 aromatic carbocycles. The van der Waals surface area contributed by atoms with Gasteiger partial charge in [-0.25, -0.2) is 8.78 Å². The van der Waals surface area contributed by atoms with E-state index in [2.05, 4.69) is 11.6 Å². The smallest absolute Gasteiger partial charge is 0.250 e. The predicted octanol–water partition coefficient (Wildman–Crippen LogP) is 5.26. The Balaban J connectivity index is 1.77. The van der Waals surface area contributed by atoms with Gasteiger partial charge in [0, 0.05) is 29.7 Å². The van der Waals surface area contributed by atoms with Crippen LogP contribution in [0.3, 0.4) is 0 Å². The maximum Gasteiger partial charge on any atom is 0.250 e. The molecule has 0 spiro atoms. The molecule has 3 N–H and O–H groups in total. The maximum absolute atomic E-state index is 15.8. The standard InChI is InChI=1S/C28H23F2N3O2/c1-3-23(34)33-12-11-19-17(14-33)5-4-6-20(19)25-22(30)13-21(28(31)35)27-24(25)15(2)26(32-27)16-7-9-18(29)10-8-16/h3-10,13,32H,1,11-12,14H2,2H3,(H2,31,35). The molecule has 0 aliphatic carbocycles. The third kappa shape index (κ3) is 3.69. The molecule has 1 aliphatic heterocycles. The van der Waals surface area contributed by atoms with Crippen LogP contribution in [0.5, 0.6) is 0 Å². The van der Waals surface area contributed by atoms with E-state index in [1.807, 2.05) is 25.1 Å². The fourth-order valence-corrected chi connectivity index (χ4v) is 5.02. The summed E-state index contributed by atoms with van der Waals surface area (Å²) in [5.74, 6) is -1.82. The van der Waals surface area contributed by atoms with Crippen LogP contribution in [0, 0.1) is 18.6 Å². The summed E-state index contributed by atoms with van der Waals surface area (Å²) in [6, 6.07) is 12.7. The Morgan fingerprint density at radius 3 is 2.57 bits per heavy atom. The highest BCUT2D eigenvalue weighted by atomic mass is 19.1. The number of aromatic amines is 1. The van der Waals surface area contributed by atoms with E-state index in [-0.39, 0.29) is 17.3 Å². The van der Waals surface area contributed by atoms with Crippen molar-refractivity contribution in [2.45, 2.75) is 19.9 Å². The van der Waals surface area contributed by atoms with E-state index in [0.29, 0.717) is 52.8 Å². The number of hydrogen-bond acceptors (Lipinski definition) is 2. The van der Waals surface area contributed by atoms with Gasteiger partial charge in [-0.2, -0.15) is 0 Å². The molecule has 0 fully saturated rings. The Bertz CT molecular complexity index is 1520. The van der Waals surface area contributed by atoms with Gasteiger partial charge in [-0.3, -0.25) is 9.59 Å². The predicted molar refractivity (Wildman–Crippen MR) is 132 cm³/mol. The third-order valence-electron chi connectivity index (χ3n) is 6.70. The zero-order valence-electron chi connectivity index (χ0n) is 19.1. The molecular weight excluding hydrogens is 448 g/mol. The molecule has 0 atom stereocenters. The van der Waals surface area contributed by atoms with Gasteiger partial charge in [0.1, 0.15) is 11.6 Å². The number of benzene rings is 3. The number of aromatic nitrogens is 1. The number of carbonyl (C=O) groups excluding carboxylic acids is 2. The second-order valence-electron chi connectivity index (χ2n) is 8.68. The van der Waals surface area contributed by atoms with E-state index >= 15 is 4.39 Å². The molecule has 5 rings (SSSR count). The van der Waals surface area contributed by atoms with Crippen molar-refractivity contribution in [1.82, 2.24) is 9.88 Å². The van der Waals surface area contributed by atoms with E-state index in [1.165, 1.54) is 24.3 Å². The van der Waals surface area contributed by atoms with Crippen molar-refractivity contribution in [3.8, 4) is 22.4 Å². The summed E-state index contributed by atoms with van der Waals surface area (Å²) in [6.45, 7) is 6.30. The number of primary amides is 1. The molecule has 0 saturated carbocycles. The minimum Gasteiger partial charge on any atom is -0.366 e. The van der Waals surface area contributed by atoms with Crippen molar-refractivity contribution in [2.24, 2.45) is 5.73 Å². The molecule has 2 amide bonds. The van der Waals surface area contributed by atoms with E-state index < -0.39 is 11.7 Å². The summed E-state index contributed by atoms with van der Waals surface area (Å²) in [5.41, 5.74) is 11.1. The molecular formula is C28H23F2N3O2. The van der Waals surface area contributed by atoms with Gasteiger partial charge in [0.25, 0.3) is 5.91 Å². The third-order valence-corrected chi connectivity index (χ3v) is 6.70. The van der Waals surface area contributed by atoms with Gasteiger partial charge in [-0.1, -0.05) is 24.8 Å². The Morgan fingerprint density at radius 2 is 1.89 bits per heavy atom. The Hall–Kier alpha value is -4.26. The molecule has 1 aliphatic rings. The quantitative estimate of drug-likeness (QED) is 0.398. The monoisotopic (exact) mass is 471 g/mol. The van der Waals surface area contributed by atoms with Crippen molar-refractivity contribution in [2.75, 3.05) is 6.54 Å². The molecule has 5 nitrogen and oxygen atoms in total. The summed E-state index contributed by atoms with van der Waals surface area (Å²) < 4.78 is 29.3. The number of amides is 2. The summed E-state index contributed by atoms with van der Waals surface area (Å²) >= 11 is 0. The molecule has 0 unspecified atom stereocenters. The highest BCUT2D eigenvalue weighted by Crippen LogP contribution is 2.42. The molecule has 35 heavy (non-hydrogen) atoms. The van der Waals surface area contributed by atoms with Crippen molar-refractivity contribution in [1.29, 1.82) is 0 Å². The van der Waals surface area contributed by atoms with Crippen molar-refractivity contribution in [3.05, 3.63) is 95.1 Å². The van der Waals surface area contributed by atoms with Crippen LogP contribution in [-0.4, -0.2) is 28.2 Å². The summed E-state index contributed by atoms with van der Waals surface area (Å²) in [4.78, 5) is 29.3. The number of H-pyrrole nitrogens is 1. The zero-order chi connectivity index (χ0) is 24.9. The Labute approximate surface area is 200 Å². The first kappa shape index (κ1) is 22.5. The molecule has 7 heteroatoms. The van der Waals surface area contributed by atoms with Crippen molar-refractivity contribution in [3.63, 3.8) is 0 Å². The fourth-order valence-electron chi connectivity index (χ4n) is 5.02. The van der Waals surface area contributed by atoms with Crippen LogP contribution in [0.15, 0.2) is 61.2 Å². The molecule has 0 saturated heterocycles. The lowest BCUT2D eigenvalue weighted by molar-refractivity contribution is -0.126. The largest absolute Gasteiger partial charge is 0.366 e. The van der Waals surface area contributed by atoms with Crippen molar-refractivity contribution >= 4 is 22.7 Å². The lowest BCUT2D eigenvalue weighted by atomic mass is 9.87. The molecule has 1 aromatic heterocycles. The molecule has 0 bridgehead atoms. The normalized spacial score (nSPS) is 13.1. The van der Waals surface area contributed by atoms with Gasteiger partial charge in [-0.15, -0.1) is 0 Å². The molecule has 0 radical (unpaired) electrons. The minimum atomic E-state index is -0.749. The van der Waals surface area contributed by atoms with Crippen molar-refractivity contribution < 1.29 is 18.4 Å². The van der Waals surface area contributed by atoms with Gasteiger partial charge in [0.05, 0.1) is 11.1 Å². The van der Waals surface area contributed by atoms with E-state index in [4.69, 9.17) is 5.73 Å². The summed E-state index contributed by atoms with van der Waals surface area (Å²) in [7, 11) is 0. The summed E-state index contributed by atoms with van der Waals surface area (Å²) in [5, 5.41) is 0.552. The van der Waals surface area contributed by atoms with Crippen LogP contribution in [-0.2, 0) is 17.8 Å². The van der Waals surface area contributed by atoms with Gasteiger partial charge >= 0.3 is 0 Å². The molecule has 2 heterocycles. The van der Waals surface area contributed by atoms with Gasteiger partial charge in [-0.05, 0) is 77.6 Å². The Kier molecular flexibility index (Phi) is 5.47. The average molecular weight is 472 g/mol. The van der Waals surface area contributed by atoms with Crippen LogP contribution in [0.1, 0.15) is 27.0 Å². The lowest BCUT2D eigenvalue weighted by Crippen LogP contribution is -2.34. The first-order valence-corrected chi connectivity index (χ1v) is 11.2.